The highest BCUT2D eigenvalue weighted by Gasteiger charge is 2.22. The zero-order chi connectivity index (χ0) is 51.3. The first-order valence-electron chi connectivity index (χ1n) is 25.9. The summed E-state index contributed by atoms with van der Waals surface area (Å²) in [6, 6.07) is 15.4. The van der Waals surface area contributed by atoms with Crippen molar-refractivity contribution in [1.29, 1.82) is 0 Å². The van der Waals surface area contributed by atoms with Gasteiger partial charge < -0.3 is 77.1 Å². The van der Waals surface area contributed by atoms with Crippen LogP contribution in [0, 0.1) is 11.8 Å². The third-order valence-corrected chi connectivity index (χ3v) is 10.9. The number of carbonyl (C=O) groups is 3. The second-order valence-electron chi connectivity index (χ2n) is 16.5. The Kier molecular flexibility index (Phi) is 35.8. The van der Waals surface area contributed by atoms with Crippen molar-refractivity contribution in [1.82, 2.24) is 10.6 Å². The fraction of sp³-hybridized carbons (Fsp3) is 0.648. The summed E-state index contributed by atoms with van der Waals surface area (Å²) in [4.78, 5) is 39.5. The molecule has 19 heteroatoms. The Morgan fingerprint density at radius 1 is 0.466 bits per heavy atom. The molecule has 0 saturated carbocycles. The number of alkyl carbamates (subject to hydrolysis) is 1. The quantitative estimate of drug-likeness (QED) is 0.0529. The standard InChI is InChI=1S/C54H81N3O16/c58-52(18-19-53(59)57-46-49-12-7-6-10-47(49)16-17-48-11-8-9-15-51(48)57)55-20-22-61-24-26-63-28-30-65-32-34-67-36-38-69-40-42-71-44-45-72-43-41-70-39-37-68-35-33-66-31-29-64-27-25-62-23-21-56-54(60)73-50-13-4-2-1-3-5-14-50/h1-2,6-12,15,50H,3-5,13-14,18-46H2,(H,55,58)(H,56,60)/b2-1+. The van der Waals surface area contributed by atoms with E-state index in [9.17, 15) is 14.4 Å². The third kappa shape index (κ3) is 31.1. The topological polar surface area (TPSA) is 198 Å². The van der Waals surface area contributed by atoms with E-state index in [0.717, 1.165) is 54.5 Å². The number of fused-ring (bicyclic) bond motifs is 2. The number of hydrogen-bond donors (Lipinski definition) is 2. The Morgan fingerprint density at radius 2 is 0.877 bits per heavy atom. The molecule has 1 aliphatic heterocycles. The first kappa shape index (κ1) is 61.0. The van der Waals surface area contributed by atoms with E-state index in [4.69, 9.17) is 61.6 Å². The fourth-order valence-corrected chi connectivity index (χ4v) is 7.10. The van der Waals surface area contributed by atoms with Crippen molar-refractivity contribution in [3.8, 4) is 11.8 Å². The summed E-state index contributed by atoms with van der Waals surface area (Å²) >= 11 is 0. The maximum absolute atomic E-state index is 13.3. The van der Waals surface area contributed by atoms with E-state index >= 15 is 0 Å². The van der Waals surface area contributed by atoms with E-state index < -0.39 is 0 Å². The number of nitrogens with one attached hydrogen (secondary N) is 2. The average Bonchev–Trinajstić information content (AvgIpc) is 3.38. The number of amides is 3. The van der Waals surface area contributed by atoms with E-state index in [1.165, 1.54) is 0 Å². The highest BCUT2D eigenvalue weighted by atomic mass is 16.6. The van der Waals surface area contributed by atoms with E-state index in [2.05, 4.69) is 34.6 Å². The molecule has 1 heterocycles. The summed E-state index contributed by atoms with van der Waals surface area (Å²) in [5, 5.41) is 5.56. The van der Waals surface area contributed by atoms with Crippen LogP contribution in [-0.2, 0) is 77.7 Å². The Hall–Kier alpha value is -4.53. The van der Waals surface area contributed by atoms with Crippen LogP contribution in [0.1, 0.15) is 61.6 Å². The average molecular weight is 1030 g/mol. The van der Waals surface area contributed by atoms with E-state index in [0.29, 0.717) is 178 Å². The molecule has 408 valence electrons. The maximum atomic E-state index is 13.3. The SMILES string of the molecule is O=C(CCC(=O)N1Cc2ccccc2C#Cc2ccccc21)NCCOCCOCCOCCOCCOCCOCCOCCOCCOCCOCCOCCOCCNC(=O)OC1CC/C=C/CCC1. The summed E-state index contributed by atoms with van der Waals surface area (Å²) in [7, 11) is 0. The number of anilines is 1. The lowest BCUT2D eigenvalue weighted by Crippen LogP contribution is -2.34. The van der Waals surface area contributed by atoms with Gasteiger partial charge in [0, 0.05) is 37.1 Å². The van der Waals surface area contributed by atoms with Crippen LogP contribution < -0.4 is 15.5 Å². The molecular formula is C54H81N3O16. The molecule has 4 rings (SSSR count). The number of carbonyl (C=O) groups excluding carboxylic acids is 3. The molecule has 19 nitrogen and oxygen atoms in total. The lowest BCUT2D eigenvalue weighted by molar-refractivity contribution is -0.125. The van der Waals surface area contributed by atoms with Gasteiger partial charge in [0.2, 0.25) is 11.8 Å². The van der Waals surface area contributed by atoms with Gasteiger partial charge in [-0.3, -0.25) is 9.59 Å². The van der Waals surface area contributed by atoms with Gasteiger partial charge in [-0.15, -0.1) is 0 Å². The van der Waals surface area contributed by atoms with Crippen LogP contribution in [0.25, 0.3) is 0 Å². The van der Waals surface area contributed by atoms with Gasteiger partial charge in [-0.1, -0.05) is 54.3 Å². The van der Waals surface area contributed by atoms with Gasteiger partial charge in [-0.2, -0.15) is 0 Å². The Morgan fingerprint density at radius 3 is 1.38 bits per heavy atom. The van der Waals surface area contributed by atoms with Gasteiger partial charge in [0.15, 0.2) is 0 Å². The van der Waals surface area contributed by atoms with E-state index in [1.807, 2.05) is 48.5 Å². The van der Waals surface area contributed by atoms with Crippen molar-refractivity contribution in [3.05, 3.63) is 77.4 Å². The van der Waals surface area contributed by atoms with Gasteiger partial charge in [-0.25, -0.2) is 4.79 Å². The lowest BCUT2D eigenvalue weighted by atomic mass is 10.0. The summed E-state index contributed by atoms with van der Waals surface area (Å²) in [5.74, 6) is 6.07. The minimum atomic E-state index is -0.383. The molecular weight excluding hydrogens is 947 g/mol. The Labute approximate surface area is 432 Å². The van der Waals surface area contributed by atoms with Crippen molar-refractivity contribution in [2.75, 3.05) is 177 Å². The predicted octanol–water partition coefficient (Wildman–Crippen LogP) is 4.64. The monoisotopic (exact) mass is 1030 g/mol. The number of allylic oxidation sites excluding steroid dienone is 2. The van der Waals surface area contributed by atoms with Crippen LogP contribution in [0.2, 0.25) is 0 Å². The van der Waals surface area contributed by atoms with Crippen molar-refractivity contribution < 1.29 is 76.0 Å². The molecule has 0 fully saturated rings. The van der Waals surface area contributed by atoms with E-state index in [-0.39, 0.29) is 36.9 Å². The smallest absolute Gasteiger partial charge is 0.407 e. The van der Waals surface area contributed by atoms with Gasteiger partial charge >= 0.3 is 6.09 Å². The molecule has 3 amide bonds. The first-order chi connectivity index (χ1) is 36.1. The lowest BCUT2D eigenvalue weighted by Gasteiger charge is -2.26. The minimum Gasteiger partial charge on any atom is -0.446 e. The van der Waals surface area contributed by atoms with Crippen LogP contribution >= 0.6 is 0 Å². The fourth-order valence-electron chi connectivity index (χ4n) is 7.10. The van der Waals surface area contributed by atoms with Gasteiger partial charge in [0.1, 0.15) is 6.10 Å². The molecule has 1 unspecified atom stereocenters. The molecule has 1 atom stereocenters. The highest BCUT2D eigenvalue weighted by Crippen LogP contribution is 2.26. The normalized spacial score (nSPS) is 14.6. The second-order valence-corrected chi connectivity index (χ2v) is 16.5. The van der Waals surface area contributed by atoms with Crippen molar-refractivity contribution in [2.24, 2.45) is 0 Å². The molecule has 0 saturated heterocycles. The van der Waals surface area contributed by atoms with Crippen LogP contribution in [0.15, 0.2) is 60.7 Å². The zero-order valence-electron chi connectivity index (χ0n) is 42.9. The number of rotatable bonds is 43. The number of para-hydroxylation sites is 1. The highest BCUT2D eigenvalue weighted by molar-refractivity contribution is 5.96. The van der Waals surface area contributed by atoms with E-state index in [1.54, 1.807) is 4.90 Å². The van der Waals surface area contributed by atoms with Crippen LogP contribution in [-0.4, -0.2) is 196 Å². The Bertz CT molecular complexity index is 1840. The minimum absolute atomic E-state index is 0.0171. The van der Waals surface area contributed by atoms with Gasteiger partial charge in [0.05, 0.1) is 171 Å². The predicted molar refractivity (Wildman–Crippen MR) is 273 cm³/mol. The van der Waals surface area contributed by atoms with Gasteiger partial charge in [0.25, 0.3) is 0 Å². The largest absolute Gasteiger partial charge is 0.446 e. The molecule has 2 aliphatic rings. The van der Waals surface area contributed by atoms with Crippen LogP contribution in [0.3, 0.4) is 0 Å². The van der Waals surface area contributed by atoms with Crippen LogP contribution in [0.5, 0.6) is 0 Å². The number of nitrogens with zero attached hydrogens (tertiary/aromatic N) is 1. The molecule has 0 spiro atoms. The maximum Gasteiger partial charge on any atom is 0.407 e. The Balaban J connectivity index is 0.771. The molecule has 0 aromatic heterocycles. The molecule has 73 heavy (non-hydrogen) atoms. The summed E-state index contributed by atoms with van der Waals surface area (Å²) in [6.07, 6.45) is 8.91. The molecule has 2 aromatic rings. The number of benzene rings is 2. The van der Waals surface area contributed by atoms with Crippen LogP contribution in [0.4, 0.5) is 10.5 Å². The molecule has 2 N–H and O–H groups in total. The molecule has 1 aliphatic carbocycles. The second kappa shape index (κ2) is 42.8. The molecule has 0 bridgehead atoms. The molecule has 0 radical (unpaired) electrons. The van der Waals surface area contributed by atoms with Crippen molar-refractivity contribution >= 4 is 23.6 Å². The number of hydrogen-bond acceptors (Lipinski definition) is 16. The zero-order valence-corrected chi connectivity index (χ0v) is 42.9. The van der Waals surface area contributed by atoms with Crippen molar-refractivity contribution in [3.63, 3.8) is 0 Å². The van der Waals surface area contributed by atoms with Gasteiger partial charge in [-0.05, 0) is 55.9 Å². The summed E-state index contributed by atoms with van der Waals surface area (Å²) in [5.41, 5.74) is 3.39. The summed E-state index contributed by atoms with van der Waals surface area (Å²) in [6.45, 7) is 12.0. The number of ether oxygens (including phenoxy) is 13. The summed E-state index contributed by atoms with van der Waals surface area (Å²) < 4.78 is 71.7. The first-order valence-corrected chi connectivity index (χ1v) is 25.9. The molecule has 2 aromatic carbocycles. The van der Waals surface area contributed by atoms with Crippen molar-refractivity contribution in [2.45, 2.75) is 57.6 Å². The third-order valence-electron chi connectivity index (χ3n) is 10.9.